The Morgan fingerprint density at radius 3 is 2.43 bits per heavy atom. The highest BCUT2D eigenvalue weighted by molar-refractivity contribution is 6.04. The Hall–Kier alpha value is -3.97. The molecule has 0 aliphatic carbocycles. The summed E-state index contributed by atoms with van der Waals surface area (Å²) in [5.74, 6) is -0.392. The van der Waals surface area contributed by atoms with Crippen molar-refractivity contribution < 1.29 is 9.59 Å². The zero-order valence-corrected chi connectivity index (χ0v) is 16.1. The van der Waals surface area contributed by atoms with Crippen molar-refractivity contribution in [1.82, 2.24) is 15.3 Å². The van der Waals surface area contributed by atoms with Gasteiger partial charge in [-0.05, 0) is 54.1 Å². The number of nitrogens with one attached hydrogen (secondary N) is 3. The van der Waals surface area contributed by atoms with E-state index in [1.807, 2.05) is 24.4 Å². The van der Waals surface area contributed by atoms with Gasteiger partial charge in [-0.15, -0.1) is 0 Å². The second-order valence-corrected chi connectivity index (χ2v) is 6.91. The number of hydrogen-bond acceptors (Lipinski definition) is 4. The molecule has 0 spiro atoms. The van der Waals surface area contributed by atoms with E-state index in [4.69, 9.17) is 5.73 Å². The van der Waals surface area contributed by atoms with Crippen molar-refractivity contribution in [3.05, 3.63) is 95.9 Å². The summed E-state index contributed by atoms with van der Waals surface area (Å²) in [5, 5.41) is 6.65. The average molecular weight is 399 g/mol. The summed E-state index contributed by atoms with van der Waals surface area (Å²) >= 11 is 0. The molecular formula is C23H21N5O2. The molecule has 2 aromatic carbocycles. The summed E-state index contributed by atoms with van der Waals surface area (Å²) in [6.45, 7) is 0.284. The van der Waals surface area contributed by atoms with E-state index in [1.165, 1.54) is 0 Å². The number of pyridine rings is 1. The predicted molar refractivity (Wildman–Crippen MR) is 116 cm³/mol. The van der Waals surface area contributed by atoms with E-state index in [0.29, 0.717) is 16.8 Å². The van der Waals surface area contributed by atoms with E-state index in [9.17, 15) is 9.59 Å². The first-order chi connectivity index (χ1) is 14.6. The number of amides is 2. The van der Waals surface area contributed by atoms with Crippen LogP contribution in [-0.4, -0.2) is 28.3 Å². The normalized spacial score (nSPS) is 11.8. The third-order valence-electron chi connectivity index (χ3n) is 4.84. The zero-order chi connectivity index (χ0) is 20.9. The van der Waals surface area contributed by atoms with Gasteiger partial charge in [0.15, 0.2) is 0 Å². The molecule has 2 heterocycles. The number of rotatable bonds is 6. The number of nitrogens with zero attached hydrogens (tertiary/aromatic N) is 1. The van der Waals surface area contributed by atoms with Gasteiger partial charge in [0.1, 0.15) is 0 Å². The Bertz CT molecular complexity index is 1170. The lowest BCUT2D eigenvalue weighted by Gasteiger charge is -2.14. The molecule has 7 nitrogen and oxygen atoms in total. The number of benzene rings is 2. The van der Waals surface area contributed by atoms with Gasteiger partial charge in [-0.25, -0.2) is 0 Å². The molecule has 0 fully saturated rings. The Labute approximate surface area is 173 Å². The van der Waals surface area contributed by atoms with E-state index in [-0.39, 0.29) is 24.4 Å². The standard InChI is InChI=1S/C23H21N5O2/c24-20(14-27-22(29)18-5-6-21-17(13-18)7-12-26-21)15-1-3-16(4-2-15)23(30)28-19-8-10-25-11-9-19/h1-13,20,26H,14,24H2,(H,27,29)(H,25,28,30). The SMILES string of the molecule is NC(CNC(=O)c1ccc2[nH]ccc2c1)c1ccc(C(=O)Nc2ccncc2)cc1. The Kier molecular flexibility index (Phi) is 5.54. The van der Waals surface area contributed by atoms with Crippen LogP contribution < -0.4 is 16.4 Å². The number of anilines is 1. The summed E-state index contributed by atoms with van der Waals surface area (Å²) in [7, 11) is 0. The Balaban J connectivity index is 1.34. The fourth-order valence-electron chi connectivity index (χ4n) is 3.14. The summed E-state index contributed by atoms with van der Waals surface area (Å²) in [6.07, 6.45) is 5.06. The number of carbonyl (C=O) groups excluding carboxylic acids is 2. The molecule has 4 aromatic rings. The van der Waals surface area contributed by atoms with Crippen molar-refractivity contribution in [3.63, 3.8) is 0 Å². The van der Waals surface area contributed by atoms with Crippen LogP contribution in [0.4, 0.5) is 5.69 Å². The molecule has 0 saturated carbocycles. The molecule has 0 saturated heterocycles. The van der Waals surface area contributed by atoms with Crippen LogP contribution in [-0.2, 0) is 0 Å². The number of aromatic amines is 1. The lowest BCUT2D eigenvalue weighted by molar-refractivity contribution is 0.0950. The van der Waals surface area contributed by atoms with Crippen molar-refractivity contribution in [2.45, 2.75) is 6.04 Å². The van der Waals surface area contributed by atoms with E-state index < -0.39 is 0 Å². The largest absolute Gasteiger partial charge is 0.361 e. The number of hydrogen-bond donors (Lipinski definition) is 4. The molecule has 2 amide bonds. The number of nitrogens with two attached hydrogens (primary N) is 1. The van der Waals surface area contributed by atoms with Crippen molar-refractivity contribution in [1.29, 1.82) is 0 Å². The van der Waals surface area contributed by atoms with Gasteiger partial charge in [-0.2, -0.15) is 0 Å². The van der Waals surface area contributed by atoms with Gasteiger partial charge < -0.3 is 21.4 Å². The van der Waals surface area contributed by atoms with Crippen molar-refractivity contribution in [3.8, 4) is 0 Å². The maximum atomic E-state index is 12.4. The predicted octanol–water partition coefficient (Wildman–Crippen LogP) is 3.25. The first kappa shape index (κ1) is 19.4. The van der Waals surface area contributed by atoms with E-state index >= 15 is 0 Å². The smallest absolute Gasteiger partial charge is 0.255 e. The second-order valence-electron chi connectivity index (χ2n) is 6.91. The quantitative estimate of drug-likeness (QED) is 0.399. The van der Waals surface area contributed by atoms with Gasteiger partial charge >= 0.3 is 0 Å². The summed E-state index contributed by atoms with van der Waals surface area (Å²) in [5.41, 5.74) is 9.81. The van der Waals surface area contributed by atoms with Gasteiger partial charge in [-0.3, -0.25) is 14.6 Å². The van der Waals surface area contributed by atoms with Gasteiger partial charge in [0, 0.05) is 58.9 Å². The van der Waals surface area contributed by atoms with Gasteiger partial charge in [0.25, 0.3) is 11.8 Å². The molecule has 150 valence electrons. The first-order valence-corrected chi connectivity index (χ1v) is 9.52. The van der Waals surface area contributed by atoms with Crippen LogP contribution in [0.25, 0.3) is 10.9 Å². The summed E-state index contributed by atoms with van der Waals surface area (Å²) < 4.78 is 0. The third-order valence-corrected chi connectivity index (χ3v) is 4.84. The van der Waals surface area contributed by atoms with Crippen LogP contribution in [0.15, 0.2) is 79.3 Å². The molecule has 1 unspecified atom stereocenters. The zero-order valence-electron chi connectivity index (χ0n) is 16.1. The minimum Gasteiger partial charge on any atom is -0.361 e. The molecule has 5 N–H and O–H groups in total. The van der Waals surface area contributed by atoms with Crippen LogP contribution in [0.1, 0.15) is 32.3 Å². The fraction of sp³-hybridized carbons (Fsp3) is 0.0870. The molecule has 0 radical (unpaired) electrons. The molecule has 0 bridgehead atoms. The molecular weight excluding hydrogens is 378 g/mol. The molecule has 1 atom stereocenters. The molecule has 0 aliphatic heterocycles. The van der Waals surface area contributed by atoms with Crippen molar-refractivity contribution in [2.24, 2.45) is 5.73 Å². The van der Waals surface area contributed by atoms with E-state index in [2.05, 4.69) is 20.6 Å². The first-order valence-electron chi connectivity index (χ1n) is 9.52. The van der Waals surface area contributed by atoms with Crippen molar-refractivity contribution in [2.75, 3.05) is 11.9 Å². The Morgan fingerprint density at radius 1 is 0.933 bits per heavy atom. The lowest BCUT2D eigenvalue weighted by Crippen LogP contribution is -2.31. The van der Waals surface area contributed by atoms with Crippen LogP contribution in [0.2, 0.25) is 0 Å². The topological polar surface area (TPSA) is 113 Å². The van der Waals surface area contributed by atoms with Crippen LogP contribution in [0.3, 0.4) is 0 Å². The molecule has 30 heavy (non-hydrogen) atoms. The molecule has 7 heteroatoms. The summed E-state index contributed by atoms with van der Waals surface area (Å²) in [4.78, 5) is 31.8. The highest BCUT2D eigenvalue weighted by Crippen LogP contribution is 2.16. The number of H-pyrrole nitrogens is 1. The van der Waals surface area contributed by atoms with Gasteiger partial charge in [0.05, 0.1) is 0 Å². The van der Waals surface area contributed by atoms with E-state index in [0.717, 1.165) is 16.5 Å². The second kappa shape index (κ2) is 8.59. The van der Waals surface area contributed by atoms with Crippen LogP contribution in [0.5, 0.6) is 0 Å². The van der Waals surface area contributed by atoms with Crippen molar-refractivity contribution >= 4 is 28.4 Å². The van der Waals surface area contributed by atoms with Gasteiger partial charge in [-0.1, -0.05) is 12.1 Å². The minimum absolute atomic E-state index is 0.179. The van der Waals surface area contributed by atoms with Crippen LogP contribution in [0, 0.1) is 0 Å². The number of aromatic nitrogens is 2. The third kappa shape index (κ3) is 4.37. The van der Waals surface area contributed by atoms with E-state index in [1.54, 1.807) is 54.9 Å². The highest BCUT2D eigenvalue weighted by atomic mass is 16.2. The lowest BCUT2D eigenvalue weighted by atomic mass is 10.0. The van der Waals surface area contributed by atoms with Gasteiger partial charge in [0.2, 0.25) is 0 Å². The average Bonchev–Trinajstić information content (AvgIpc) is 3.26. The Morgan fingerprint density at radius 2 is 1.67 bits per heavy atom. The maximum absolute atomic E-state index is 12.4. The monoisotopic (exact) mass is 399 g/mol. The maximum Gasteiger partial charge on any atom is 0.255 e. The highest BCUT2D eigenvalue weighted by Gasteiger charge is 2.12. The van der Waals surface area contributed by atoms with Crippen LogP contribution >= 0.6 is 0 Å². The minimum atomic E-state index is -0.387. The summed E-state index contributed by atoms with van der Waals surface area (Å²) in [6, 6.07) is 17.5. The molecule has 0 aliphatic rings. The molecule has 2 aromatic heterocycles. The number of fused-ring (bicyclic) bond motifs is 1. The molecule has 4 rings (SSSR count). The fourth-order valence-corrected chi connectivity index (χ4v) is 3.14. The number of carbonyl (C=O) groups is 2.